The zero-order valence-electron chi connectivity index (χ0n) is 12.1. The molecule has 3 aliphatic rings. The molecule has 1 atom stereocenters. The Morgan fingerprint density at radius 1 is 1.29 bits per heavy atom. The first-order valence-electron chi connectivity index (χ1n) is 7.61. The van der Waals surface area contributed by atoms with E-state index in [0.717, 1.165) is 16.6 Å². The molecule has 2 bridgehead atoms. The third kappa shape index (κ3) is 2.09. The van der Waals surface area contributed by atoms with Crippen LogP contribution in [0.15, 0.2) is 29.5 Å². The summed E-state index contributed by atoms with van der Waals surface area (Å²) in [6.07, 6.45) is 9.79. The van der Waals surface area contributed by atoms with Crippen molar-refractivity contribution in [3.05, 3.63) is 30.1 Å². The van der Waals surface area contributed by atoms with Crippen LogP contribution >= 0.6 is 11.8 Å². The number of aromatic nitrogens is 1. The highest BCUT2D eigenvalue weighted by Gasteiger charge is 2.49. The summed E-state index contributed by atoms with van der Waals surface area (Å²) in [6, 6.07) is 3.81. The van der Waals surface area contributed by atoms with E-state index in [1.807, 2.05) is 19.1 Å². The SMILES string of the molecule is CC1(c2ccncc2)SC(NC23CCC(CC2)C3)=NC1=O. The van der Waals surface area contributed by atoms with E-state index in [9.17, 15) is 4.79 Å². The van der Waals surface area contributed by atoms with Crippen molar-refractivity contribution < 1.29 is 4.79 Å². The van der Waals surface area contributed by atoms with E-state index in [1.54, 1.807) is 24.2 Å². The number of fused-ring (bicyclic) bond motifs is 2. The molecule has 0 aromatic carbocycles. The average Bonchev–Trinajstić information content (AvgIpc) is 3.15. The van der Waals surface area contributed by atoms with Gasteiger partial charge in [0.15, 0.2) is 5.17 Å². The van der Waals surface area contributed by atoms with Crippen LogP contribution in [0, 0.1) is 5.92 Å². The van der Waals surface area contributed by atoms with Gasteiger partial charge in [-0.2, -0.15) is 4.99 Å². The number of carbonyl (C=O) groups excluding carboxylic acids is 1. The second kappa shape index (κ2) is 4.57. The Bertz CT molecular complexity index is 607. The highest BCUT2D eigenvalue weighted by atomic mass is 32.2. The molecular formula is C16H19N3OS. The second-order valence-electron chi connectivity index (χ2n) is 6.65. The molecule has 0 saturated heterocycles. The van der Waals surface area contributed by atoms with Gasteiger partial charge in [0.05, 0.1) is 0 Å². The van der Waals surface area contributed by atoms with Crippen LogP contribution in [-0.4, -0.2) is 21.6 Å². The number of rotatable bonds is 2. The molecule has 4 nitrogen and oxygen atoms in total. The Morgan fingerprint density at radius 2 is 2.00 bits per heavy atom. The molecule has 0 radical (unpaired) electrons. The van der Waals surface area contributed by atoms with E-state index in [4.69, 9.17) is 0 Å². The van der Waals surface area contributed by atoms with Crippen LogP contribution in [0.3, 0.4) is 0 Å². The van der Waals surface area contributed by atoms with Crippen LogP contribution in [0.1, 0.15) is 44.6 Å². The second-order valence-corrected chi connectivity index (χ2v) is 8.05. The standard InChI is InChI=1S/C16H19N3OS/c1-15(12-4-8-17-9-5-12)13(20)18-14(21-15)19-16-6-2-11(10-16)3-7-16/h4-5,8-9,11H,2-3,6-7,10H2,1H3,(H,18,19,20). The first kappa shape index (κ1) is 13.3. The number of pyridine rings is 1. The minimum atomic E-state index is -0.613. The maximum atomic E-state index is 12.4. The smallest absolute Gasteiger partial charge is 0.268 e. The zero-order chi connectivity index (χ0) is 14.5. The normalized spacial score (nSPS) is 37.9. The van der Waals surface area contributed by atoms with E-state index in [0.29, 0.717) is 0 Å². The lowest BCUT2D eigenvalue weighted by atomic mass is 9.94. The maximum Gasteiger partial charge on any atom is 0.268 e. The average molecular weight is 301 g/mol. The van der Waals surface area contributed by atoms with Crippen molar-refractivity contribution in [2.45, 2.75) is 49.3 Å². The van der Waals surface area contributed by atoms with Gasteiger partial charge in [-0.3, -0.25) is 9.78 Å². The van der Waals surface area contributed by atoms with Gasteiger partial charge in [-0.05, 0) is 62.6 Å². The van der Waals surface area contributed by atoms with E-state index in [2.05, 4.69) is 15.3 Å². The quantitative estimate of drug-likeness (QED) is 0.912. The van der Waals surface area contributed by atoms with Crippen molar-refractivity contribution in [3.8, 4) is 0 Å². The molecule has 1 amide bonds. The van der Waals surface area contributed by atoms with E-state index in [1.165, 1.54) is 32.1 Å². The molecule has 2 heterocycles. The predicted molar refractivity (Wildman–Crippen MR) is 84.1 cm³/mol. The van der Waals surface area contributed by atoms with Crippen LogP contribution in [0.25, 0.3) is 0 Å². The number of nitrogens with one attached hydrogen (secondary N) is 1. The minimum Gasteiger partial charge on any atom is -0.359 e. The van der Waals surface area contributed by atoms with Gasteiger partial charge in [0, 0.05) is 17.9 Å². The molecule has 1 aromatic rings. The fourth-order valence-electron chi connectivity index (χ4n) is 3.96. The van der Waals surface area contributed by atoms with E-state index in [-0.39, 0.29) is 11.4 Å². The summed E-state index contributed by atoms with van der Waals surface area (Å²) < 4.78 is -0.613. The topological polar surface area (TPSA) is 54.4 Å². The fraction of sp³-hybridized carbons (Fsp3) is 0.562. The third-order valence-electron chi connectivity index (χ3n) is 5.26. The monoisotopic (exact) mass is 301 g/mol. The van der Waals surface area contributed by atoms with Gasteiger partial charge in [-0.1, -0.05) is 11.8 Å². The van der Waals surface area contributed by atoms with Crippen LogP contribution in [-0.2, 0) is 9.54 Å². The molecule has 1 N–H and O–H groups in total. The summed E-state index contributed by atoms with van der Waals surface area (Å²) in [6.45, 7) is 1.96. The van der Waals surface area contributed by atoms with Crippen LogP contribution in [0.5, 0.6) is 0 Å². The molecule has 2 aliphatic carbocycles. The maximum absolute atomic E-state index is 12.4. The largest absolute Gasteiger partial charge is 0.359 e. The fourth-order valence-corrected chi connectivity index (χ4v) is 5.13. The lowest BCUT2D eigenvalue weighted by molar-refractivity contribution is -0.119. The molecule has 4 rings (SSSR count). The van der Waals surface area contributed by atoms with Crippen LogP contribution in [0.4, 0.5) is 0 Å². The van der Waals surface area contributed by atoms with Crippen LogP contribution < -0.4 is 5.32 Å². The number of hydrogen-bond acceptors (Lipinski definition) is 4. The Morgan fingerprint density at radius 3 is 2.62 bits per heavy atom. The van der Waals surface area contributed by atoms with Crippen molar-refractivity contribution in [2.24, 2.45) is 10.9 Å². The van der Waals surface area contributed by atoms with Gasteiger partial charge < -0.3 is 5.32 Å². The molecular weight excluding hydrogens is 282 g/mol. The molecule has 5 heteroatoms. The zero-order valence-corrected chi connectivity index (χ0v) is 12.9. The minimum absolute atomic E-state index is 0.0647. The summed E-state index contributed by atoms with van der Waals surface area (Å²) in [7, 11) is 0. The molecule has 110 valence electrons. The first-order valence-corrected chi connectivity index (χ1v) is 8.42. The van der Waals surface area contributed by atoms with Gasteiger partial charge in [-0.25, -0.2) is 0 Å². The molecule has 2 saturated carbocycles. The van der Waals surface area contributed by atoms with Crippen molar-refractivity contribution >= 4 is 22.8 Å². The number of amides is 1. The number of hydrogen-bond donors (Lipinski definition) is 1. The Labute approximate surface area is 128 Å². The van der Waals surface area contributed by atoms with E-state index < -0.39 is 4.75 Å². The Balaban J connectivity index is 1.55. The Hall–Kier alpha value is -1.36. The third-order valence-corrected chi connectivity index (χ3v) is 6.46. The Kier molecular flexibility index (Phi) is 2.89. The predicted octanol–water partition coefficient (Wildman–Crippen LogP) is 2.85. The summed E-state index contributed by atoms with van der Waals surface area (Å²) in [4.78, 5) is 20.7. The molecule has 0 spiro atoms. The van der Waals surface area contributed by atoms with Crippen LogP contribution in [0.2, 0.25) is 0 Å². The van der Waals surface area contributed by atoms with Gasteiger partial charge in [0.25, 0.3) is 5.91 Å². The van der Waals surface area contributed by atoms with Gasteiger partial charge >= 0.3 is 0 Å². The van der Waals surface area contributed by atoms with Crippen molar-refractivity contribution in [2.75, 3.05) is 0 Å². The summed E-state index contributed by atoms with van der Waals surface area (Å²) in [5.74, 6) is 0.817. The summed E-state index contributed by atoms with van der Waals surface area (Å²) in [5.41, 5.74) is 1.18. The van der Waals surface area contributed by atoms with Crippen molar-refractivity contribution in [1.82, 2.24) is 10.3 Å². The molecule has 1 unspecified atom stereocenters. The first-order chi connectivity index (χ1) is 10.1. The van der Waals surface area contributed by atoms with E-state index >= 15 is 0 Å². The van der Waals surface area contributed by atoms with Gasteiger partial charge in [0.2, 0.25) is 0 Å². The highest BCUT2D eigenvalue weighted by molar-refractivity contribution is 8.15. The van der Waals surface area contributed by atoms with Gasteiger partial charge in [0.1, 0.15) is 4.75 Å². The number of aliphatic imine (C=N–C) groups is 1. The molecule has 2 fully saturated rings. The molecule has 1 aromatic heterocycles. The van der Waals surface area contributed by atoms with Gasteiger partial charge in [-0.15, -0.1) is 0 Å². The lowest BCUT2D eigenvalue weighted by Crippen LogP contribution is -2.43. The number of carbonyl (C=O) groups is 1. The lowest BCUT2D eigenvalue weighted by Gasteiger charge is -2.29. The number of thioether (sulfide) groups is 1. The number of nitrogens with zero attached hydrogens (tertiary/aromatic N) is 2. The number of amidine groups is 1. The highest BCUT2D eigenvalue weighted by Crippen LogP contribution is 2.49. The molecule has 21 heavy (non-hydrogen) atoms. The summed E-state index contributed by atoms with van der Waals surface area (Å²) in [5, 5.41) is 4.42. The van der Waals surface area contributed by atoms with Crippen molar-refractivity contribution in [1.29, 1.82) is 0 Å². The molecule has 1 aliphatic heterocycles. The van der Waals surface area contributed by atoms with Crippen molar-refractivity contribution in [3.63, 3.8) is 0 Å². The summed E-state index contributed by atoms with van der Waals surface area (Å²) >= 11 is 1.56.